The number of amides is 1. The minimum Gasteiger partial charge on any atom is -0.497 e. The van der Waals surface area contributed by atoms with Crippen LogP contribution in [-0.2, 0) is 4.79 Å². The zero-order chi connectivity index (χ0) is 20.4. The van der Waals surface area contributed by atoms with Crippen LogP contribution in [0.2, 0.25) is 0 Å². The van der Waals surface area contributed by atoms with Crippen LogP contribution in [0.1, 0.15) is 31.2 Å². The molecule has 2 aliphatic rings. The third kappa shape index (κ3) is 3.55. The summed E-state index contributed by atoms with van der Waals surface area (Å²) >= 11 is 0. The topological polar surface area (TPSA) is 60.4 Å². The van der Waals surface area contributed by atoms with Gasteiger partial charge < -0.3 is 14.2 Å². The Kier molecular flexibility index (Phi) is 5.43. The number of ether oxygens (including phenoxy) is 3. The molecule has 2 atom stereocenters. The van der Waals surface area contributed by atoms with Crippen molar-refractivity contribution in [1.29, 1.82) is 0 Å². The normalized spacial score (nSPS) is 21.3. The van der Waals surface area contributed by atoms with Crippen LogP contribution in [0.15, 0.2) is 47.6 Å². The van der Waals surface area contributed by atoms with Crippen molar-refractivity contribution >= 4 is 17.3 Å². The van der Waals surface area contributed by atoms with Crippen LogP contribution in [0, 0.1) is 11.8 Å². The number of anilines is 1. The number of hydrogen-bond acceptors (Lipinski definition) is 5. The first-order valence-corrected chi connectivity index (χ1v) is 9.95. The van der Waals surface area contributed by atoms with E-state index < -0.39 is 0 Å². The number of methoxy groups -OCH3 is 3. The lowest BCUT2D eigenvalue weighted by Gasteiger charge is -2.38. The fourth-order valence-corrected chi connectivity index (χ4v) is 4.32. The Morgan fingerprint density at radius 1 is 0.862 bits per heavy atom. The van der Waals surface area contributed by atoms with Gasteiger partial charge in [-0.15, -0.1) is 0 Å². The van der Waals surface area contributed by atoms with Crippen LogP contribution in [0.4, 0.5) is 5.69 Å². The van der Waals surface area contributed by atoms with Crippen molar-refractivity contribution in [2.24, 2.45) is 16.9 Å². The van der Waals surface area contributed by atoms with E-state index in [2.05, 4.69) is 0 Å². The highest BCUT2D eigenvalue weighted by molar-refractivity contribution is 6.11. The monoisotopic (exact) mass is 394 g/mol. The quantitative estimate of drug-likeness (QED) is 0.760. The Balaban J connectivity index is 1.79. The molecule has 1 heterocycles. The molecule has 152 valence electrons. The molecule has 0 radical (unpaired) electrons. The van der Waals surface area contributed by atoms with Gasteiger partial charge in [-0.05, 0) is 55.3 Å². The van der Waals surface area contributed by atoms with Crippen LogP contribution in [-0.4, -0.2) is 32.9 Å². The van der Waals surface area contributed by atoms with Crippen molar-refractivity contribution in [3.05, 3.63) is 48.0 Å². The van der Waals surface area contributed by atoms with E-state index in [1.165, 1.54) is 0 Å². The number of carbonyl (C=O) groups excluding carboxylic acids is 1. The smallest absolute Gasteiger partial charge is 0.251 e. The summed E-state index contributed by atoms with van der Waals surface area (Å²) in [5.41, 5.74) is 2.65. The SMILES string of the molecule is COc1ccc(N2N=C(c3ccc(OC)c(OC)c3)[C@H]3CCCC[C@H]3C2=O)cc1. The molecule has 0 N–H and O–H groups in total. The van der Waals surface area contributed by atoms with E-state index >= 15 is 0 Å². The maximum Gasteiger partial charge on any atom is 0.251 e. The van der Waals surface area contributed by atoms with Gasteiger partial charge in [-0.2, -0.15) is 5.10 Å². The zero-order valence-electron chi connectivity index (χ0n) is 17.1. The highest BCUT2D eigenvalue weighted by Crippen LogP contribution is 2.40. The van der Waals surface area contributed by atoms with Gasteiger partial charge in [-0.1, -0.05) is 12.8 Å². The second-order valence-electron chi connectivity index (χ2n) is 7.40. The first-order chi connectivity index (χ1) is 14.2. The third-order valence-corrected chi connectivity index (χ3v) is 5.85. The van der Waals surface area contributed by atoms with Crippen molar-refractivity contribution in [1.82, 2.24) is 0 Å². The molecular weight excluding hydrogens is 368 g/mol. The summed E-state index contributed by atoms with van der Waals surface area (Å²) in [6, 6.07) is 13.3. The lowest BCUT2D eigenvalue weighted by atomic mass is 9.73. The highest BCUT2D eigenvalue weighted by atomic mass is 16.5. The van der Waals surface area contributed by atoms with E-state index in [-0.39, 0.29) is 17.7 Å². The highest BCUT2D eigenvalue weighted by Gasteiger charge is 2.41. The Hall–Kier alpha value is -3.02. The lowest BCUT2D eigenvalue weighted by molar-refractivity contribution is -0.124. The van der Waals surface area contributed by atoms with Gasteiger partial charge in [0.1, 0.15) is 5.75 Å². The fourth-order valence-electron chi connectivity index (χ4n) is 4.32. The molecule has 1 saturated carbocycles. The minimum atomic E-state index is -0.0496. The summed E-state index contributed by atoms with van der Waals surface area (Å²) in [5.74, 6) is 2.24. The van der Waals surface area contributed by atoms with Crippen LogP contribution in [0.25, 0.3) is 0 Å². The molecule has 2 aromatic carbocycles. The molecule has 6 heteroatoms. The average Bonchev–Trinajstić information content (AvgIpc) is 2.79. The zero-order valence-corrected chi connectivity index (χ0v) is 17.1. The summed E-state index contributed by atoms with van der Waals surface area (Å²) < 4.78 is 16.1. The second kappa shape index (κ2) is 8.15. The number of nitrogens with zero attached hydrogens (tertiary/aromatic N) is 2. The number of carbonyl (C=O) groups is 1. The third-order valence-electron chi connectivity index (χ3n) is 5.85. The minimum absolute atomic E-state index is 0.0496. The Morgan fingerprint density at radius 3 is 2.21 bits per heavy atom. The Labute approximate surface area is 171 Å². The predicted octanol–water partition coefficient (Wildman–Crippen LogP) is 4.27. The average molecular weight is 394 g/mol. The molecule has 1 aliphatic heterocycles. The van der Waals surface area contributed by atoms with Gasteiger partial charge in [0.25, 0.3) is 5.91 Å². The van der Waals surface area contributed by atoms with Gasteiger partial charge in [-0.25, -0.2) is 5.01 Å². The first-order valence-electron chi connectivity index (χ1n) is 9.95. The molecule has 1 fully saturated rings. The summed E-state index contributed by atoms with van der Waals surface area (Å²) in [4.78, 5) is 13.3. The van der Waals surface area contributed by atoms with Crippen molar-refractivity contribution < 1.29 is 19.0 Å². The Bertz CT molecular complexity index is 923. The molecule has 1 aliphatic carbocycles. The van der Waals surface area contributed by atoms with Crippen LogP contribution >= 0.6 is 0 Å². The molecule has 0 aromatic heterocycles. The van der Waals surface area contributed by atoms with Gasteiger partial charge in [0.05, 0.1) is 32.7 Å². The molecule has 1 amide bonds. The van der Waals surface area contributed by atoms with Crippen LogP contribution in [0.3, 0.4) is 0 Å². The summed E-state index contributed by atoms with van der Waals surface area (Å²) in [6.07, 6.45) is 4.05. The van der Waals surface area contributed by atoms with Gasteiger partial charge in [0.15, 0.2) is 11.5 Å². The Morgan fingerprint density at radius 2 is 1.55 bits per heavy atom. The molecule has 4 rings (SSSR count). The van der Waals surface area contributed by atoms with Gasteiger partial charge >= 0.3 is 0 Å². The van der Waals surface area contributed by atoms with E-state index in [0.29, 0.717) is 11.5 Å². The van der Waals surface area contributed by atoms with Crippen molar-refractivity contribution in [2.75, 3.05) is 26.3 Å². The van der Waals surface area contributed by atoms with E-state index in [9.17, 15) is 4.79 Å². The van der Waals surface area contributed by atoms with Gasteiger partial charge in [0, 0.05) is 17.4 Å². The number of rotatable bonds is 5. The maximum atomic E-state index is 13.3. The molecule has 6 nitrogen and oxygen atoms in total. The van der Waals surface area contributed by atoms with Crippen molar-refractivity contribution in [3.63, 3.8) is 0 Å². The molecular formula is C23H26N2O4. The van der Waals surface area contributed by atoms with Gasteiger partial charge in [-0.3, -0.25) is 4.79 Å². The first kappa shape index (κ1) is 19.3. The lowest BCUT2D eigenvalue weighted by Crippen LogP contribution is -2.46. The molecule has 2 aromatic rings. The predicted molar refractivity (Wildman–Crippen MR) is 112 cm³/mol. The van der Waals surface area contributed by atoms with E-state index in [4.69, 9.17) is 19.3 Å². The van der Waals surface area contributed by atoms with E-state index in [0.717, 1.165) is 48.4 Å². The maximum absolute atomic E-state index is 13.3. The fraction of sp³-hybridized carbons (Fsp3) is 0.391. The largest absolute Gasteiger partial charge is 0.497 e. The number of benzene rings is 2. The molecule has 0 unspecified atom stereocenters. The summed E-state index contributed by atoms with van der Waals surface area (Å²) in [5, 5.41) is 6.39. The standard InChI is InChI=1S/C23H26N2O4/c1-27-17-11-9-16(10-12-17)25-23(26)19-7-5-4-6-18(19)22(24-25)15-8-13-20(28-2)21(14-15)29-3/h8-14,18-19H,4-7H2,1-3H3/t18-,19+/m0/s1. The van der Waals surface area contributed by atoms with Crippen LogP contribution in [0.5, 0.6) is 17.2 Å². The summed E-state index contributed by atoms with van der Waals surface area (Å²) in [6.45, 7) is 0. The number of hydrogen-bond donors (Lipinski definition) is 0. The number of fused-ring (bicyclic) bond motifs is 1. The van der Waals surface area contributed by atoms with Gasteiger partial charge in [0.2, 0.25) is 0 Å². The molecule has 0 spiro atoms. The van der Waals surface area contributed by atoms with Crippen molar-refractivity contribution in [3.8, 4) is 17.2 Å². The second-order valence-corrected chi connectivity index (χ2v) is 7.40. The summed E-state index contributed by atoms with van der Waals surface area (Å²) in [7, 11) is 4.87. The number of hydrazone groups is 1. The molecule has 29 heavy (non-hydrogen) atoms. The molecule has 0 saturated heterocycles. The van der Waals surface area contributed by atoms with E-state index in [1.807, 2.05) is 42.5 Å². The van der Waals surface area contributed by atoms with E-state index in [1.54, 1.807) is 26.3 Å². The van der Waals surface area contributed by atoms with Crippen molar-refractivity contribution in [2.45, 2.75) is 25.7 Å². The van der Waals surface area contributed by atoms with Crippen LogP contribution < -0.4 is 19.2 Å². The molecule has 0 bridgehead atoms.